The summed E-state index contributed by atoms with van der Waals surface area (Å²) in [6.07, 6.45) is 1.96. The number of ether oxygens (including phenoxy) is 1. The van der Waals surface area contributed by atoms with Gasteiger partial charge in [-0.25, -0.2) is 9.78 Å². The molecule has 0 spiro atoms. The molecule has 9 heteroatoms. The molecule has 1 saturated heterocycles. The fourth-order valence-electron chi connectivity index (χ4n) is 4.50. The Morgan fingerprint density at radius 1 is 1.26 bits per heavy atom. The van der Waals surface area contributed by atoms with E-state index in [0.29, 0.717) is 30.2 Å². The summed E-state index contributed by atoms with van der Waals surface area (Å²) in [4.78, 5) is 30.8. The Hall–Kier alpha value is -3.90. The summed E-state index contributed by atoms with van der Waals surface area (Å²) in [6, 6.07) is 10.1. The molecule has 1 aliphatic heterocycles. The number of para-hydroxylation sites is 1. The summed E-state index contributed by atoms with van der Waals surface area (Å²) < 4.78 is 8.03. The zero-order chi connectivity index (χ0) is 23.7. The molecule has 1 atom stereocenters. The lowest BCUT2D eigenvalue weighted by Gasteiger charge is -2.31. The quantitative estimate of drug-likeness (QED) is 0.443. The highest BCUT2D eigenvalue weighted by Gasteiger charge is 2.25. The van der Waals surface area contributed by atoms with Crippen molar-refractivity contribution in [2.45, 2.75) is 45.9 Å². The van der Waals surface area contributed by atoms with Crippen molar-refractivity contribution >= 4 is 28.0 Å². The van der Waals surface area contributed by atoms with Gasteiger partial charge in [0.15, 0.2) is 11.2 Å². The highest BCUT2D eigenvalue weighted by atomic mass is 16.5. The van der Waals surface area contributed by atoms with Crippen LogP contribution in [0.4, 0.5) is 5.95 Å². The molecule has 5 rings (SSSR count). The van der Waals surface area contributed by atoms with Gasteiger partial charge < -0.3 is 15.4 Å². The van der Waals surface area contributed by atoms with Gasteiger partial charge >= 0.3 is 5.69 Å². The minimum Gasteiger partial charge on any atom is -0.469 e. The van der Waals surface area contributed by atoms with Crippen LogP contribution in [0.15, 0.2) is 35.1 Å². The fraction of sp³-hybridized carbons (Fsp3) is 0.360. The second-order valence-electron chi connectivity index (χ2n) is 8.55. The number of aromatic amines is 1. The molecular weight excluding hydrogens is 430 g/mol. The second-order valence-corrected chi connectivity index (χ2v) is 8.55. The molecule has 4 aromatic rings. The number of H-pyrrole nitrogens is 1. The fourth-order valence-corrected chi connectivity index (χ4v) is 4.50. The zero-order valence-corrected chi connectivity index (χ0v) is 19.3. The number of rotatable bonds is 5. The van der Waals surface area contributed by atoms with Crippen LogP contribution in [-0.4, -0.2) is 43.6 Å². The van der Waals surface area contributed by atoms with Gasteiger partial charge in [0.1, 0.15) is 6.61 Å². The molecule has 0 aliphatic carbocycles. The van der Waals surface area contributed by atoms with E-state index in [4.69, 9.17) is 20.4 Å². The number of hydrogen-bond acceptors (Lipinski definition) is 7. The van der Waals surface area contributed by atoms with Gasteiger partial charge in [-0.1, -0.05) is 24.1 Å². The first kappa shape index (κ1) is 21.9. The van der Waals surface area contributed by atoms with E-state index >= 15 is 0 Å². The standard InChI is InChI=1S/C25H27N7O2/c1-3-4-12-32-21-22(29-25(32)31-11-7-8-17(26)14-31)28-24(33)30-23(21)34-15-18-13-16(2)19-9-5-6-10-20(19)27-18/h5-6,9-10,13,17H,7-8,11-12,14-15,26H2,1-2H3,(H,28,30,33)/t17-/m1/s1. The predicted octanol–water partition coefficient (Wildman–Crippen LogP) is 2.51. The Bertz CT molecular complexity index is 1480. The predicted molar refractivity (Wildman–Crippen MR) is 132 cm³/mol. The molecule has 0 radical (unpaired) electrons. The molecule has 0 unspecified atom stereocenters. The van der Waals surface area contributed by atoms with Crippen LogP contribution in [0.2, 0.25) is 0 Å². The number of aromatic nitrogens is 5. The number of fused-ring (bicyclic) bond motifs is 2. The Labute approximate surface area is 197 Å². The molecule has 3 aromatic heterocycles. The maximum atomic E-state index is 12.3. The third kappa shape index (κ3) is 4.20. The first-order valence-electron chi connectivity index (χ1n) is 11.4. The Balaban J connectivity index is 1.55. The van der Waals surface area contributed by atoms with Crippen LogP contribution < -0.4 is 21.1 Å². The molecule has 4 heterocycles. The Morgan fingerprint density at radius 2 is 2.12 bits per heavy atom. The van der Waals surface area contributed by atoms with E-state index in [-0.39, 0.29) is 18.5 Å². The van der Waals surface area contributed by atoms with Crippen molar-refractivity contribution in [3.8, 4) is 17.7 Å². The number of anilines is 1. The normalized spacial score (nSPS) is 16.0. The van der Waals surface area contributed by atoms with Gasteiger partial charge in [-0.3, -0.25) is 9.55 Å². The number of imidazole rings is 1. The number of benzene rings is 1. The van der Waals surface area contributed by atoms with Crippen molar-refractivity contribution in [2.24, 2.45) is 5.73 Å². The monoisotopic (exact) mass is 457 g/mol. The summed E-state index contributed by atoms with van der Waals surface area (Å²) in [5.41, 5.74) is 9.50. The smallest absolute Gasteiger partial charge is 0.349 e. The lowest BCUT2D eigenvalue weighted by atomic mass is 10.1. The van der Waals surface area contributed by atoms with E-state index in [9.17, 15) is 4.79 Å². The van der Waals surface area contributed by atoms with E-state index in [1.165, 1.54) is 0 Å². The average Bonchev–Trinajstić information content (AvgIpc) is 3.19. The van der Waals surface area contributed by atoms with Crippen LogP contribution >= 0.6 is 0 Å². The van der Waals surface area contributed by atoms with Gasteiger partial charge in [0.2, 0.25) is 11.8 Å². The summed E-state index contributed by atoms with van der Waals surface area (Å²) in [5, 5.41) is 1.10. The number of nitrogens with zero attached hydrogens (tertiary/aromatic N) is 5. The van der Waals surface area contributed by atoms with Crippen LogP contribution in [0.1, 0.15) is 31.0 Å². The summed E-state index contributed by atoms with van der Waals surface area (Å²) >= 11 is 0. The number of hydrogen-bond donors (Lipinski definition) is 2. The number of piperidine rings is 1. The topological polar surface area (TPSA) is 115 Å². The Morgan fingerprint density at radius 3 is 2.94 bits per heavy atom. The molecule has 1 fully saturated rings. The van der Waals surface area contributed by atoms with Crippen LogP contribution in [0.25, 0.3) is 22.1 Å². The maximum absolute atomic E-state index is 12.3. The third-order valence-electron chi connectivity index (χ3n) is 6.07. The van der Waals surface area contributed by atoms with Gasteiger partial charge in [-0.15, -0.1) is 5.92 Å². The van der Waals surface area contributed by atoms with Crippen molar-refractivity contribution < 1.29 is 4.74 Å². The molecule has 0 saturated carbocycles. The molecular formula is C25H27N7O2. The minimum absolute atomic E-state index is 0.0781. The van der Waals surface area contributed by atoms with Crippen molar-refractivity contribution in [3.05, 3.63) is 52.1 Å². The number of pyridine rings is 1. The maximum Gasteiger partial charge on any atom is 0.349 e. The molecule has 0 bridgehead atoms. The molecule has 9 nitrogen and oxygen atoms in total. The molecule has 1 aromatic carbocycles. The van der Waals surface area contributed by atoms with E-state index in [1.807, 2.05) is 41.8 Å². The van der Waals surface area contributed by atoms with E-state index in [2.05, 4.69) is 26.7 Å². The number of nitrogens with two attached hydrogens (primary N) is 1. The van der Waals surface area contributed by atoms with E-state index in [0.717, 1.165) is 41.5 Å². The van der Waals surface area contributed by atoms with Gasteiger partial charge in [-0.05, 0) is 44.4 Å². The highest BCUT2D eigenvalue weighted by molar-refractivity contribution is 5.82. The summed E-state index contributed by atoms with van der Waals surface area (Å²) in [7, 11) is 0. The van der Waals surface area contributed by atoms with Gasteiger partial charge in [0, 0.05) is 24.5 Å². The zero-order valence-electron chi connectivity index (χ0n) is 19.3. The van der Waals surface area contributed by atoms with E-state index in [1.54, 1.807) is 6.92 Å². The van der Waals surface area contributed by atoms with Gasteiger partial charge in [0.05, 0.1) is 17.8 Å². The van der Waals surface area contributed by atoms with Crippen molar-refractivity contribution in [1.82, 2.24) is 24.5 Å². The number of aryl methyl sites for hydroxylation is 1. The first-order valence-corrected chi connectivity index (χ1v) is 11.4. The highest BCUT2D eigenvalue weighted by Crippen LogP contribution is 2.29. The van der Waals surface area contributed by atoms with Crippen LogP contribution in [-0.2, 0) is 13.2 Å². The second kappa shape index (κ2) is 9.15. The third-order valence-corrected chi connectivity index (χ3v) is 6.07. The largest absolute Gasteiger partial charge is 0.469 e. The van der Waals surface area contributed by atoms with Gasteiger partial charge in [0.25, 0.3) is 0 Å². The minimum atomic E-state index is -0.515. The summed E-state index contributed by atoms with van der Waals surface area (Å²) in [5.74, 6) is 6.96. The average molecular weight is 458 g/mol. The van der Waals surface area contributed by atoms with Gasteiger partial charge in [-0.2, -0.15) is 9.97 Å². The molecule has 0 amide bonds. The lowest BCUT2D eigenvalue weighted by Crippen LogP contribution is -2.44. The molecule has 34 heavy (non-hydrogen) atoms. The number of nitrogens with one attached hydrogen (secondary N) is 1. The Kier molecular flexibility index (Phi) is 5.90. The van der Waals surface area contributed by atoms with Crippen LogP contribution in [0.5, 0.6) is 5.88 Å². The molecule has 1 aliphatic rings. The molecule has 174 valence electrons. The lowest BCUT2D eigenvalue weighted by molar-refractivity contribution is 0.291. The SMILES string of the molecule is CC#CCn1c(N2CCC[C@@H](N)C2)nc2[nH]c(=O)nc(OCc3cc(C)c4ccccc4n3)c21. The van der Waals surface area contributed by atoms with Crippen LogP contribution in [0.3, 0.4) is 0 Å². The first-order chi connectivity index (χ1) is 16.5. The summed E-state index contributed by atoms with van der Waals surface area (Å²) in [6.45, 7) is 5.94. The van der Waals surface area contributed by atoms with Crippen molar-refractivity contribution in [2.75, 3.05) is 18.0 Å². The van der Waals surface area contributed by atoms with E-state index < -0.39 is 5.69 Å². The van der Waals surface area contributed by atoms with Crippen molar-refractivity contribution in [1.29, 1.82) is 0 Å². The molecule has 3 N–H and O–H groups in total. The van der Waals surface area contributed by atoms with Crippen LogP contribution in [0, 0.1) is 18.8 Å². The van der Waals surface area contributed by atoms with Crippen molar-refractivity contribution in [3.63, 3.8) is 0 Å².